The lowest BCUT2D eigenvalue weighted by Crippen LogP contribution is -2.14. The molecule has 5 heteroatoms. The molecule has 122 valence electrons. The number of halogens is 1. The Kier molecular flexibility index (Phi) is 4.97. The molecule has 1 heterocycles. The van der Waals surface area contributed by atoms with Crippen molar-refractivity contribution in [3.63, 3.8) is 0 Å². The second-order valence-corrected chi connectivity index (χ2v) is 7.33. The fourth-order valence-corrected chi connectivity index (χ4v) is 3.49. The third-order valence-corrected chi connectivity index (χ3v) is 4.80. The molecule has 3 rings (SSSR count). The first kappa shape index (κ1) is 16.7. The number of thiazole rings is 1. The average Bonchev–Trinajstić information content (AvgIpc) is 2.90. The van der Waals surface area contributed by atoms with Crippen molar-refractivity contribution in [3.8, 4) is 11.3 Å². The Balaban J connectivity index is 1.78. The molecule has 24 heavy (non-hydrogen) atoms. The van der Waals surface area contributed by atoms with Crippen molar-refractivity contribution in [1.82, 2.24) is 4.98 Å². The van der Waals surface area contributed by atoms with Crippen LogP contribution in [0.3, 0.4) is 0 Å². The van der Waals surface area contributed by atoms with Crippen LogP contribution in [0.5, 0.6) is 0 Å². The SMILES string of the molecule is Cc1ccc(-c2nc(C)sc2CC(=O)Nc2ccc(Cl)cc2)cc1. The van der Waals surface area contributed by atoms with Gasteiger partial charge in [0, 0.05) is 21.2 Å². The average molecular weight is 357 g/mol. The van der Waals surface area contributed by atoms with Gasteiger partial charge in [0.1, 0.15) is 0 Å². The van der Waals surface area contributed by atoms with Gasteiger partial charge < -0.3 is 5.32 Å². The van der Waals surface area contributed by atoms with Gasteiger partial charge in [-0.1, -0.05) is 41.4 Å². The highest BCUT2D eigenvalue weighted by Crippen LogP contribution is 2.29. The van der Waals surface area contributed by atoms with Crippen molar-refractivity contribution in [2.75, 3.05) is 5.32 Å². The lowest BCUT2D eigenvalue weighted by Gasteiger charge is -2.06. The number of aryl methyl sites for hydroxylation is 2. The Morgan fingerprint density at radius 1 is 1.08 bits per heavy atom. The molecule has 1 aromatic heterocycles. The number of aromatic nitrogens is 1. The van der Waals surface area contributed by atoms with E-state index in [2.05, 4.69) is 29.4 Å². The molecular weight excluding hydrogens is 340 g/mol. The molecule has 2 aromatic carbocycles. The number of rotatable bonds is 4. The molecule has 0 aliphatic heterocycles. The molecule has 0 unspecified atom stereocenters. The fourth-order valence-electron chi connectivity index (χ4n) is 2.41. The van der Waals surface area contributed by atoms with Gasteiger partial charge in [-0.2, -0.15) is 0 Å². The number of hydrogen-bond acceptors (Lipinski definition) is 3. The van der Waals surface area contributed by atoms with E-state index in [4.69, 9.17) is 11.6 Å². The van der Waals surface area contributed by atoms with Gasteiger partial charge in [0.15, 0.2) is 0 Å². The van der Waals surface area contributed by atoms with Crippen LogP contribution in [-0.2, 0) is 11.2 Å². The third-order valence-electron chi connectivity index (χ3n) is 3.58. The van der Waals surface area contributed by atoms with Crippen molar-refractivity contribution in [2.45, 2.75) is 20.3 Å². The molecule has 0 fully saturated rings. The molecule has 0 radical (unpaired) electrons. The van der Waals surface area contributed by atoms with Crippen molar-refractivity contribution in [3.05, 3.63) is 69.0 Å². The van der Waals surface area contributed by atoms with E-state index in [1.165, 1.54) is 5.56 Å². The number of benzene rings is 2. The standard InChI is InChI=1S/C19H17ClN2OS/c1-12-3-5-14(6-4-12)19-17(24-13(2)21-19)11-18(23)22-16-9-7-15(20)8-10-16/h3-10H,11H2,1-2H3,(H,22,23). The van der Waals surface area contributed by atoms with Gasteiger partial charge in [-0.15, -0.1) is 11.3 Å². The lowest BCUT2D eigenvalue weighted by atomic mass is 10.1. The molecule has 1 N–H and O–H groups in total. The van der Waals surface area contributed by atoms with Crippen LogP contribution >= 0.6 is 22.9 Å². The summed E-state index contributed by atoms with van der Waals surface area (Å²) in [5.41, 5.74) is 3.87. The number of nitrogens with zero attached hydrogens (tertiary/aromatic N) is 1. The topological polar surface area (TPSA) is 42.0 Å². The smallest absolute Gasteiger partial charge is 0.229 e. The molecule has 3 nitrogen and oxygen atoms in total. The third kappa shape index (κ3) is 4.02. The van der Waals surface area contributed by atoms with Crippen LogP contribution in [0.4, 0.5) is 5.69 Å². The number of nitrogens with one attached hydrogen (secondary N) is 1. The van der Waals surface area contributed by atoms with Crippen molar-refractivity contribution < 1.29 is 4.79 Å². The summed E-state index contributed by atoms with van der Waals surface area (Å²) in [6.07, 6.45) is 0.303. The van der Waals surface area contributed by atoms with E-state index < -0.39 is 0 Å². The van der Waals surface area contributed by atoms with Crippen LogP contribution in [-0.4, -0.2) is 10.9 Å². The first-order chi connectivity index (χ1) is 11.5. The molecule has 3 aromatic rings. The van der Waals surface area contributed by atoms with Crippen LogP contribution in [0.15, 0.2) is 48.5 Å². The fraction of sp³-hybridized carbons (Fsp3) is 0.158. The molecule has 0 atom stereocenters. The molecular formula is C19H17ClN2OS. The van der Waals surface area contributed by atoms with Gasteiger partial charge >= 0.3 is 0 Å². The summed E-state index contributed by atoms with van der Waals surface area (Å²) in [5, 5.41) is 4.50. The van der Waals surface area contributed by atoms with Crippen LogP contribution in [0.25, 0.3) is 11.3 Å². The summed E-state index contributed by atoms with van der Waals surface area (Å²) in [7, 11) is 0. The highest BCUT2D eigenvalue weighted by atomic mass is 35.5. The molecule has 0 aliphatic rings. The monoisotopic (exact) mass is 356 g/mol. The second kappa shape index (κ2) is 7.16. The molecule has 0 spiro atoms. The first-order valence-electron chi connectivity index (χ1n) is 7.60. The Hall–Kier alpha value is -2.17. The zero-order valence-electron chi connectivity index (χ0n) is 13.5. The number of anilines is 1. The van der Waals surface area contributed by atoms with E-state index in [-0.39, 0.29) is 5.91 Å². The van der Waals surface area contributed by atoms with Crippen LogP contribution < -0.4 is 5.32 Å². The van der Waals surface area contributed by atoms with E-state index >= 15 is 0 Å². The summed E-state index contributed by atoms with van der Waals surface area (Å²) in [6.45, 7) is 4.01. The predicted molar refractivity (Wildman–Crippen MR) is 101 cm³/mol. The predicted octanol–water partition coefficient (Wildman–Crippen LogP) is 5.26. The molecule has 0 saturated heterocycles. The van der Waals surface area contributed by atoms with Crippen LogP contribution in [0.2, 0.25) is 5.02 Å². The van der Waals surface area contributed by atoms with Crippen molar-refractivity contribution >= 4 is 34.5 Å². The minimum Gasteiger partial charge on any atom is -0.326 e. The highest BCUT2D eigenvalue weighted by molar-refractivity contribution is 7.12. The molecule has 0 bridgehead atoms. The first-order valence-corrected chi connectivity index (χ1v) is 8.79. The van der Waals surface area contributed by atoms with Crippen molar-refractivity contribution in [1.29, 1.82) is 0 Å². The summed E-state index contributed by atoms with van der Waals surface area (Å²) in [5.74, 6) is -0.0608. The van der Waals surface area contributed by atoms with E-state index in [9.17, 15) is 4.79 Å². The molecule has 0 saturated carbocycles. The minimum absolute atomic E-state index is 0.0608. The number of carbonyl (C=O) groups excluding carboxylic acids is 1. The molecule has 0 aliphatic carbocycles. The number of hydrogen-bond donors (Lipinski definition) is 1. The highest BCUT2D eigenvalue weighted by Gasteiger charge is 2.15. The van der Waals surface area contributed by atoms with Crippen LogP contribution in [0.1, 0.15) is 15.4 Å². The van der Waals surface area contributed by atoms with Gasteiger partial charge in [-0.3, -0.25) is 4.79 Å². The summed E-state index contributed by atoms with van der Waals surface area (Å²) in [4.78, 5) is 17.9. The molecule has 1 amide bonds. The summed E-state index contributed by atoms with van der Waals surface area (Å²) in [6, 6.07) is 15.3. The van der Waals surface area contributed by atoms with Crippen LogP contribution in [0, 0.1) is 13.8 Å². The maximum absolute atomic E-state index is 12.3. The Bertz CT molecular complexity index is 854. The second-order valence-electron chi connectivity index (χ2n) is 5.60. The van der Waals surface area contributed by atoms with Gasteiger partial charge in [0.25, 0.3) is 0 Å². The summed E-state index contributed by atoms with van der Waals surface area (Å²) >= 11 is 7.42. The Morgan fingerprint density at radius 2 is 1.75 bits per heavy atom. The van der Waals surface area contributed by atoms with Gasteiger partial charge in [-0.05, 0) is 38.1 Å². The van der Waals surface area contributed by atoms with Gasteiger partial charge in [0.05, 0.1) is 17.1 Å². The van der Waals surface area contributed by atoms with Crippen molar-refractivity contribution in [2.24, 2.45) is 0 Å². The minimum atomic E-state index is -0.0608. The Labute approximate surface area is 150 Å². The van der Waals surface area contributed by atoms with E-state index in [1.807, 2.05) is 19.1 Å². The number of carbonyl (C=O) groups is 1. The van der Waals surface area contributed by atoms with E-state index in [0.717, 1.165) is 26.8 Å². The van der Waals surface area contributed by atoms with E-state index in [1.54, 1.807) is 35.6 Å². The zero-order chi connectivity index (χ0) is 17.1. The normalized spacial score (nSPS) is 10.6. The largest absolute Gasteiger partial charge is 0.326 e. The lowest BCUT2D eigenvalue weighted by molar-refractivity contribution is -0.115. The zero-order valence-corrected chi connectivity index (χ0v) is 15.0. The summed E-state index contributed by atoms with van der Waals surface area (Å²) < 4.78 is 0. The van der Waals surface area contributed by atoms with Gasteiger partial charge in [0.2, 0.25) is 5.91 Å². The maximum Gasteiger partial charge on any atom is 0.229 e. The quantitative estimate of drug-likeness (QED) is 0.692. The number of amides is 1. The van der Waals surface area contributed by atoms with Gasteiger partial charge in [-0.25, -0.2) is 4.98 Å². The van der Waals surface area contributed by atoms with E-state index in [0.29, 0.717) is 11.4 Å². The maximum atomic E-state index is 12.3. The Morgan fingerprint density at radius 3 is 2.42 bits per heavy atom.